The summed E-state index contributed by atoms with van der Waals surface area (Å²) < 4.78 is 25.2. The number of hydrogen-bond donors (Lipinski definition) is 1. The van der Waals surface area contributed by atoms with E-state index >= 15 is 0 Å². The number of fused-ring (bicyclic) bond motifs is 1. The lowest BCUT2D eigenvalue weighted by Crippen LogP contribution is -2.79. The first-order chi connectivity index (χ1) is 13.5. The molecule has 1 saturated carbocycles. The smallest absolute Gasteiger partial charge is 0.207 e. The van der Waals surface area contributed by atoms with Crippen molar-refractivity contribution in [1.82, 2.24) is 4.90 Å². The fraction of sp³-hybridized carbons (Fsp3) is 0.727. The van der Waals surface area contributed by atoms with Crippen molar-refractivity contribution in [3.8, 4) is 11.5 Å². The number of likely N-dealkylation sites (tertiary alicyclic amines) is 1. The monoisotopic (exact) mass is 387 g/mol. The van der Waals surface area contributed by atoms with Crippen LogP contribution in [0.25, 0.3) is 0 Å². The molecule has 2 bridgehead atoms. The van der Waals surface area contributed by atoms with Gasteiger partial charge in [-0.3, -0.25) is 0 Å². The zero-order valence-electron chi connectivity index (χ0n) is 16.9. The van der Waals surface area contributed by atoms with Gasteiger partial charge in [-0.05, 0) is 57.8 Å². The summed E-state index contributed by atoms with van der Waals surface area (Å²) >= 11 is 0. The first-order valence-corrected chi connectivity index (χ1v) is 10.6. The summed E-state index contributed by atoms with van der Waals surface area (Å²) in [7, 11) is 3.81. The molecular weight excluding hydrogens is 358 g/mol. The number of benzene rings is 1. The maximum Gasteiger partial charge on any atom is 0.207 e. The zero-order valence-corrected chi connectivity index (χ0v) is 16.9. The predicted molar refractivity (Wildman–Crippen MR) is 102 cm³/mol. The van der Waals surface area contributed by atoms with Gasteiger partial charge in [-0.2, -0.15) is 0 Å². The summed E-state index contributed by atoms with van der Waals surface area (Å²) in [5.74, 6) is 0.725. The highest BCUT2D eigenvalue weighted by Gasteiger charge is 2.77. The molecule has 0 radical (unpaired) electrons. The Morgan fingerprint density at radius 3 is 2.89 bits per heavy atom. The van der Waals surface area contributed by atoms with Crippen LogP contribution in [-0.4, -0.2) is 67.0 Å². The van der Waals surface area contributed by atoms with E-state index in [4.69, 9.17) is 18.9 Å². The molecule has 3 heterocycles. The molecule has 28 heavy (non-hydrogen) atoms. The first-order valence-electron chi connectivity index (χ1n) is 10.6. The van der Waals surface area contributed by atoms with Crippen molar-refractivity contribution >= 4 is 0 Å². The fourth-order valence-electron chi connectivity index (χ4n) is 6.96. The highest BCUT2D eigenvalue weighted by Crippen LogP contribution is 2.67. The zero-order chi connectivity index (χ0) is 19.3. The molecule has 152 valence electrons. The maximum absolute atomic E-state index is 12.3. The van der Waals surface area contributed by atoms with Crippen LogP contribution < -0.4 is 9.47 Å². The molecule has 3 aliphatic heterocycles. The summed E-state index contributed by atoms with van der Waals surface area (Å²) in [6.07, 6.45) is 3.62. The van der Waals surface area contributed by atoms with Crippen LogP contribution in [0.1, 0.15) is 43.7 Å². The van der Waals surface area contributed by atoms with Gasteiger partial charge in [0.25, 0.3) is 0 Å². The molecule has 2 unspecified atom stereocenters. The van der Waals surface area contributed by atoms with Crippen LogP contribution in [0.3, 0.4) is 0 Å². The van der Waals surface area contributed by atoms with Gasteiger partial charge in [0.2, 0.25) is 5.79 Å². The van der Waals surface area contributed by atoms with Crippen LogP contribution in [0.5, 0.6) is 11.5 Å². The molecule has 6 rings (SSSR count). The summed E-state index contributed by atoms with van der Waals surface area (Å²) in [6.45, 7) is 3.70. The van der Waals surface area contributed by atoms with Gasteiger partial charge < -0.3 is 29.0 Å². The van der Waals surface area contributed by atoms with Gasteiger partial charge in [-0.1, -0.05) is 6.07 Å². The van der Waals surface area contributed by atoms with Crippen molar-refractivity contribution < 1.29 is 24.1 Å². The molecule has 1 N–H and O–H groups in total. The van der Waals surface area contributed by atoms with Gasteiger partial charge in [0.05, 0.1) is 30.8 Å². The predicted octanol–water partition coefficient (Wildman–Crippen LogP) is 2.00. The highest BCUT2D eigenvalue weighted by atomic mass is 16.7. The lowest BCUT2D eigenvalue weighted by atomic mass is 9.48. The molecular formula is C22H29NO5. The van der Waals surface area contributed by atoms with Crippen molar-refractivity contribution in [1.29, 1.82) is 0 Å². The summed E-state index contributed by atoms with van der Waals surface area (Å²) in [5.41, 5.74) is 1.04. The lowest BCUT2D eigenvalue weighted by molar-refractivity contribution is -0.364. The Morgan fingerprint density at radius 1 is 1.25 bits per heavy atom. The molecule has 6 nitrogen and oxygen atoms in total. The minimum atomic E-state index is -0.853. The van der Waals surface area contributed by atoms with E-state index in [1.165, 1.54) is 5.56 Å². The second-order valence-electron chi connectivity index (χ2n) is 9.35. The van der Waals surface area contributed by atoms with E-state index in [-0.39, 0.29) is 18.2 Å². The van der Waals surface area contributed by atoms with E-state index in [0.29, 0.717) is 19.4 Å². The van der Waals surface area contributed by atoms with Gasteiger partial charge in [-0.15, -0.1) is 0 Å². The van der Waals surface area contributed by atoms with E-state index in [2.05, 4.69) is 24.9 Å². The quantitative estimate of drug-likeness (QED) is 0.795. The number of rotatable bonds is 1. The molecule has 5 aliphatic rings. The van der Waals surface area contributed by atoms with Gasteiger partial charge in [0.15, 0.2) is 17.6 Å². The molecule has 1 aromatic rings. The van der Waals surface area contributed by atoms with Crippen molar-refractivity contribution in [3.05, 3.63) is 23.3 Å². The molecule has 0 aromatic heterocycles. The maximum atomic E-state index is 12.3. The van der Waals surface area contributed by atoms with Crippen LogP contribution in [0.15, 0.2) is 12.1 Å². The van der Waals surface area contributed by atoms with Crippen molar-refractivity contribution in [2.24, 2.45) is 0 Å². The third kappa shape index (κ3) is 1.80. The lowest BCUT2D eigenvalue weighted by Gasteiger charge is -2.65. The Hall–Kier alpha value is -1.34. The second-order valence-corrected chi connectivity index (χ2v) is 9.35. The molecule has 1 aromatic carbocycles. The molecule has 0 amide bonds. The highest BCUT2D eigenvalue weighted by molar-refractivity contribution is 5.63. The van der Waals surface area contributed by atoms with Crippen LogP contribution >= 0.6 is 0 Å². The van der Waals surface area contributed by atoms with E-state index in [1.807, 2.05) is 6.07 Å². The Balaban J connectivity index is 1.62. The van der Waals surface area contributed by atoms with Gasteiger partial charge in [0, 0.05) is 18.0 Å². The standard InChI is InChI=1S/C22H29NO5/c1-13-6-11-26-22(28-13)8-7-21(24)16-12-14-4-5-15(25-3)18-17(14)20(21,19(22)27-18)9-10-23(16)2/h4-5,13,16,19,24H,6-12H2,1-3H3/t13-,16-,19?,20+,21?,22+/m1/s1. The number of piperidine rings is 1. The van der Waals surface area contributed by atoms with Crippen molar-refractivity contribution in [2.75, 3.05) is 27.3 Å². The Kier molecular flexibility index (Phi) is 3.39. The van der Waals surface area contributed by atoms with Crippen molar-refractivity contribution in [3.63, 3.8) is 0 Å². The average Bonchev–Trinajstić information content (AvgIpc) is 3.04. The number of nitrogens with zero attached hydrogens (tertiary/aromatic N) is 1. The van der Waals surface area contributed by atoms with E-state index in [1.54, 1.807) is 7.11 Å². The van der Waals surface area contributed by atoms with Crippen LogP contribution in [0.2, 0.25) is 0 Å². The fourth-order valence-corrected chi connectivity index (χ4v) is 6.96. The third-order valence-electron chi connectivity index (χ3n) is 8.21. The van der Waals surface area contributed by atoms with Gasteiger partial charge in [-0.25, -0.2) is 0 Å². The summed E-state index contributed by atoms with van der Waals surface area (Å²) in [5, 5.41) is 12.3. The second kappa shape index (κ2) is 5.42. The van der Waals surface area contributed by atoms with Gasteiger partial charge in [0.1, 0.15) is 0 Å². The third-order valence-corrected chi connectivity index (χ3v) is 8.21. The molecule has 3 fully saturated rings. The molecule has 6 atom stereocenters. The number of hydrogen-bond acceptors (Lipinski definition) is 6. The summed E-state index contributed by atoms with van der Waals surface area (Å²) in [4.78, 5) is 2.33. The number of likely N-dealkylation sites (N-methyl/N-ethyl adjacent to an activating group) is 1. The Labute approximate surface area is 165 Å². The molecule has 2 saturated heterocycles. The van der Waals surface area contributed by atoms with Crippen LogP contribution in [0.4, 0.5) is 0 Å². The number of methoxy groups -OCH3 is 1. The largest absolute Gasteiger partial charge is 0.493 e. The summed E-state index contributed by atoms with van der Waals surface area (Å²) in [6, 6.07) is 4.24. The van der Waals surface area contributed by atoms with Crippen LogP contribution in [-0.2, 0) is 21.3 Å². The normalized spacial score (nSPS) is 46.2. The van der Waals surface area contributed by atoms with E-state index in [9.17, 15) is 5.11 Å². The Morgan fingerprint density at radius 2 is 2.11 bits per heavy atom. The number of aliphatic hydroxyl groups is 1. The topological polar surface area (TPSA) is 60.4 Å². The minimum Gasteiger partial charge on any atom is -0.493 e. The van der Waals surface area contributed by atoms with E-state index in [0.717, 1.165) is 42.9 Å². The minimum absolute atomic E-state index is 0.0811. The van der Waals surface area contributed by atoms with E-state index < -0.39 is 16.8 Å². The van der Waals surface area contributed by atoms with Gasteiger partial charge >= 0.3 is 0 Å². The van der Waals surface area contributed by atoms with Crippen molar-refractivity contribution in [2.45, 2.75) is 74.1 Å². The molecule has 2 spiro atoms. The van der Waals surface area contributed by atoms with Crippen LogP contribution in [0, 0.1) is 0 Å². The number of ether oxygens (including phenoxy) is 4. The first kappa shape index (κ1) is 17.5. The molecule has 2 aliphatic carbocycles. The Bertz CT molecular complexity index is 844. The SMILES string of the molecule is COc1ccc2c3c1OC1[C@@]4(CCC5(O)[C@@H](C2)N(C)CC[C@]315)OCC[C@@H](C)O4. The average molecular weight is 387 g/mol. The molecule has 6 heteroatoms.